The van der Waals surface area contributed by atoms with E-state index in [0.29, 0.717) is 11.5 Å². The van der Waals surface area contributed by atoms with Gasteiger partial charge >= 0.3 is 0 Å². The van der Waals surface area contributed by atoms with Crippen molar-refractivity contribution in [3.05, 3.63) is 85.3 Å². The Hall–Kier alpha value is -4.65. The molecule has 0 fully saturated rings. The van der Waals surface area contributed by atoms with E-state index in [2.05, 4.69) is 47.1 Å². The molecule has 0 aliphatic heterocycles. The van der Waals surface area contributed by atoms with E-state index in [1.54, 1.807) is 7.11 Å². The summed E-state index contributed by atoms with van der Waals surface area (Å²) in [4.78, 5) is 16.0. The minimum Gasteiger partial charge on any atom is -0.497 e. The Balaban J connectivity index is 1.76. The molecule has 0 unspecified atom stereocenters. The summed E-state index contributed by atoms with van der Waals surface area (Å²) in [5.74, 6) is 0.980. The molecule has 2 aromatic heterocycles. The number of nitrogens with zero attached hydrogens (tertiary/aromatic N) is 3. The van der Waals surface area contributed by atoms with E-state index in [0.717, 1.165) is 56.4 Å². The highest BCUT2D eigenvalue weighted by Crippen LogP contribution is 2.42. The molecule has 0 aliphatic carbocycles. The first kappa shape index (κ1) is 22.2. The SMILES string of the molecule is C=CC(=O)Nc1ccc(-c2c(-c3ccc4cc(OC)ccc4c3)c3c(N)ncnn3c2CC)cc1. The first-order valence-electron chi connectivity index (χ1n) is 11.3. The predicted octanol–water partition coefficient (Wildman–Crippen LogP) is 5.49. The minimum atomic E-state index is -0.252. The lowest BCUT2D eigenvalue weighted by Gasteiger charge is -2.11. The van der Waals surface area contributed by atoms with Crippen molar-refractivity contribution in [1.82, 2.24) is 14.6 Å². The van der Waals surface area contributed by atoms with Crippen LogP contribution in [0.2, 0.25) is 0 Å². The second kappa shape index (κ2) is 8.95. The van der Waals surface area contributed by atoms with Gasteiger partial charge in [0.2, 0.25) is 5.91 Å². The fraction of sp³-hybridized carbons (Fsp3) is 0.107. The summed E-state index contributed by atoms with van der Waals surface area (Å²) in [5, 5.41) is 9.51. The summed E-state index contributed by atoms with van der Waals surface area (Å²) in [6, 6.07) is 20.1. The van der Waals surface area contributed by atoms with Crippen molar-refractivity contribution in [3.63, 3.8) is 0 Å². The van der Waals surface area contributed by atoms with Gasteiger partial charge in [0.25, 0.3) is 0 Å². The number of aromatic nitrogens is 3. The van der Waals surface area contributed by atoms with Gasteiger partial charge in [0.1, 0.15) is 17.6 Å². The highest BCUT2D eigenvalue weighted by Gasteiger charge is 2.23. The average Bonchev–Trinajstić information content (AvgIpc) is 3.24. The van der Waals surface area contributed by atoms with E-state index in [9.17, 15) is 4.79 Å². The van der Waals surface area contributed by atoms with Crippen LogP contribution < -0.4 is 15.8 Å². The Morgan fingerprint density at radius 2 is 1.77 bits per heavy atom. The van der Waals surface area contributed by atoms with Gasteiger partial charge in [-0.3, -0.25) is 4.79 Å². The molecule has 0 saturated heterocycles. The van der Waals surface area contributed by atoms with Crippen molar-refractivity contribution >= 4 is 33.7 Å². The monoisotopic (exact) mass is 463 g/mol. The normalized spacial score (nSPS) is 11.0. The average molecular weight is 464 g/mol. The Kier molecular flexibility index (Phi) is 5.66. The number of anilines is 2. The molecule has 0 spiro atoms. The summed E-state index contributed by atoms with van der Waals surface area (Å²) < 4.78 is 7.27. The van der Waals surface area contributed by atoms with E-state index in [-0.39, 0.29) is 5.91 Å². The van der Waals surface area contributed by atoms with E-state index >= 15 is 0 Å². The highest BCUT2D eigenvalue weighted by molar-refractivity contribution is 6.03. The number of amides is 1. The van der Waals surface area contributed by atoms with Crippen molar-refractivity contribution in [1.29, 1.82) is 0 Å². The fourth-order valence-corrected chi connectivity index (χ4v) is 4.51. The van der Waals surface area contributed by atoms with Crippen LogP contribution >= 0.6 is 0 Å². The fourth-order valence-electron chi connectivity index (χ4n) is 4.51. The van der Waals surface area contributed by atoms with Crippen molar-refractivity contribution in [2.24, 2.45) is 0 Å². The molecular weight excluding hydrogens is 438 g/mol. The number of fused-ring (bicyclic) bond motifs is 2. The summed E-state index contributed by atoms with van der Waals surface area (Å²) in [6.07, 6.45) is 3.47. The Labute approximate surface area is 202 Å². The zero-order valence-electron chi connectivity index (χ0n) is 19.6. The molecule has 7 heteroatoms. The number of ether oxygens (including phenoxy) is 1. The van der Waals surface area contributed by atoms with Gasteiger partial charge in [0.05, 0.1) is 12.8 Å². The highest BCUT2D eigenvalue weighted by atomic mass is 16.5. The smallest absolute Gasteiger partial charge is 0.247 e. The molecule has 174 valence electrons. The van der Waals surface area contributed by atoms with Gasteiger partial charge in [-0.25, -0.2) is 9.50 Å². The molecule has 1 amide bonds. The molecule has 0 aliphatic rings. The number of hydrogen-bond acceptors (Lipinski definition) is 5. The summed E-state index contributed by atoms with van der Waals surface area (Å²) in [7, 11) is 1.66. The molecule has 0 bridgehead atoms. The maximum atomic E-state index is 11.7. The maximum absolute atomic E-state index is 11.7. The minimum absolute atomic E-state index is 0.252. The standard InChI is InChI=1S/C28H25N5O2/c1-4-23-25(17-8-11-21(12-9-17)32-24(34)5-2)26(27-28(29)30-16-31-33(23)27)20-7-6-19-15-22(35-3)13-10-18(19)14-20/h5-16H,2,4H2,1,3H3,(H,32,34)(H2,29,30,31). The van der Waals surface area contributed by atoms with Crippen molar-refractivity contribution < 1.29 is 9.53 Å². The number of carbonyl (C=O) groups is 1. The predicted molar refractivity (Wildman–Crippen MR) is 141 cm³/mol. The summed E-state index contributed by atoms with van der Waals surface area (Å²) >= 11 is 0. The van der Waals surface area contributed by atoms with E-state index < -0.39 is 0 Å². The number of benzene rings is 3. The number of nitrogen functional groups attached to an aromatic ring is 1. The third-order valence-electron chi connectivity index (χ3n) is 6.15. The number of rotatable bonds is 6. The van der Waals surface area contributed by atoms with Crippen LogP contribution in [0.25, 0.3) is 38.5 Å². The molecule has 3 N–H and O–H groups in total. The first-order chi connectivity index (χ1) is 17.0. The Bertz CT molecular complexity index is 1590. The van der Waals surface area contributed by atoms with Crippen LogP contribution in [0.15, 0.2) is 79.6 Å². The van der Waals surface area contributed by atoms with Crippen molar-refractivity contribution in [3.8, 4) is 28.0 Å². The second-order valence-electron chi connectivity index (χ2n) is 8.15. The lowest BCUT2D eigenvalue weighted by molar-refractivity contribution is -0.111. The molecule has 0 atom stereocenters. The van der Waals surface area contributed by atoms with Gasteiger partial charge in [-0.05, 0) is 64.7 Å². The van der Waals surface area contributed by atoms with Crippen LogP contribution in [0.4, 0.5) is 11.5 Å². The number of carbonyl (C=O) groups excluding carboxylic acids is 1. The van der Waals surface area contributed by atoms with Crippen LogP contribution in [0.1, 0.15) is 12.6 Å². The van der Waals surface area contributed by atoms with Gasteiger partial charge < -0.3 is 15.8 Å². The number of aryl methyl sites for hydroxylation is 1. The Morgan fingerprint density at radius 1 is 1.06 bits per heavy atom. The number of nitrogens with two attached hydrogens (primary N) is 1. The van der Waals surface area contributed by atoms with Gasteiger partial charge in [0, 0.05) is 16.8 Å². The van der Waals surface area contributed by atoms with Gasteiger partial charge in [-0.2, -0.15) is 5.10 Å². The topological polar surface area (TPSA) is 94.5 Å². The van der Waals surface area contributed by atoms with E-state index in [1.807, 2.05) is 47.0 Å². The molecule has 5 rings (SSSR count). The molecular formula is C28H25N5O2. The molecule has 35 heavy (non-hydrogen) atoms. The molecule has 0 saturated carbocycles. The summed E-state index contributed by atoms with van der Waals surface area (Å²) in [6.45, 7) is 5.60. The molecule has 2 heterocycles. The van der Waals surface area contributed by atoms with Gasteiger partial charge in [-0.15, -0.1) is 0 Å². The largest absolute Gasteiger partial charge is 0.497 e. The quantitative estimate of drug-likeness (QED) is 0.325. The summed E-state index contributed by atoms with van der Waals surface area (Å²) in [5.41, 5.74) is 12.9. The Morgan fingerprint density at radius 3 is 2.49 bits per heavy atom. The molecule has 0 radical (unpaired) electrons. The maximum Gasteiger partial charge on any atom is 0.247 e. The van der Waals surface area contributed by atoms with Crippen LogP contribution in [-0.4, -0.2) is 27.6 Å². The third kappa shape index (κ3) is 3.87. The van der Waals surface area contributed by atoms with E-state index in [4.69, 9.17) is 10.5 Å². The number of nitrogens with one attached hydrogen (secondary N) is 1. The third-order valence-corrected chi connectivity index (χ3v) is 6.15. The lowest BCUT2D eigenvalue weighted by Crippen LogP contribution is -2.06. The lowest BCUT2D eigenvalue weighted by atomic mass is 9.93. The van der Waals surface area contributed by atoms with Crippen molar-refractivity contribution in [2.75, 3.05) is 18.2 Å². The van der Waals surface area contributed by atoms with Gasteiger partial charge in [0.15, 0.2) is 5.82 Å². The first-order valence-corrected chi connectivity index (χ1v) is 11.3. The number of hydrogen-bond donors (Lipinski definition) is 2. The molecule has 5 aromatic rings. The van der Waals surface area contributed by atoms with Gasteiger partial charge in [-0.1, -0.05) is 43.8 Å². The second-order valence-corrected chi connectivity index (χ2v) is 8.15. The molecule has 7 nitrogen and oxygen atoms in total. The molecule has 3 aromatic carbocycles. The zero-order valence-corrected chi connectivity index (χ0v) is 19.6. The van der Waals surface area contributed by atoms with Crippen LogP contribution in [0.3, 0.4) is 0 Å². The zero-order chi connectivity index (χ0) is 24.5. The number of methoxy groups -OCH3 is 1. The van der Waals surface area contributed by atoms with Crippen LogP contribution in [0.5, 0.6) is 5.75 Å². The van der Waals surface area contributed by atoms with E-state index in [1.165, 1.54) is 12.4 Å². The van der Waals surface area contributed by atoms with Crippen LogP contribution in [0, 0.1) is 0 Å². The van der Waals surface area contributed by atoms with Crippen molar-refractivity contribution in [2.45, 2.75) is 13.3 Å². The van der Waals surface area contributed by atoms with Crippen LogP contribution in [-0.2, 0) is 11.2 Å².